The summed E-state index contributed by atoms with van der Waals surface area (Å²) in [4.78, 5) is 14.2. The highest BCUT2D eigenvalue weighted by Crippen LogP contribution is 2.27. The van der Waals surface area contributed by atoms with Crippen molar-refractivity contribution in [1.29, 1.82) is 0 Å². The molecule has 2 aromatic carbocycles. The van der Waals surface area contributed by atoms with Gasteiger partial charge in [0.1, 0.15) is 11.5 Å². The summed E-state index contributed by atoms with van der Waals surface area (Å²) in [7, 11) is 5.61. The maximum atomic E-state index is 12.1. The number of aryl methyl sites for hydroxylation is 1. The molecule has 0 radical (unpaired) electrons. The molecule has 0 spiro atoms. The summed E-state index contributed by atoms with van der Waals surface area (Å²) in [6, 6.07) is 15.5. The Morgan fingerprint density at radius 1 is 1.16 bits per heavy atom. The number of methoxy groups -OCH3 is 1. The number of benzene rings is 2. The fourth-order valence-corrected chi connectivity index (χ4v) is 2.63. The number of hydrogen-bond acceptors (Lipinski definition) is 4. The number of rotatable bonds is 8. The monoisotopic (exact) mass is 342 g/mol. The number of carbonyl (C=O) groups is 1. The van der Waals surface area contributed by atoms with Gasteiger partial charge < -0.3 is 19.7 Å². The molecule has 0 bridgehead atoms. The molecule has 1 unspecified atom stereocenters. The van der Waals surface area contributed by atoms with Gasteiger partial charge in [-0.05, 0) is 44.8 Å². The van der Waals surface area contributed by atoms with Gasteiger partial charge in [-0.25, -0.2) is 0 Å². The molecule has 134 valence electrons. The summed E-state index contributed by atoms with van der Waals surface area (Å²) >= 11 is 0. The molecular formula is C20H26N2O3. The maximum Gasteiger partial charge on any atom is 0.258 e. The van der Waals surface area contributed by atoms with E-state index in [1.165, 1.54) is 0 Å². The van der Waals surface area contributed by atoms with Gasteiger partial charge in [0.25, 0.3) is 5.91 Å². The standard InChI is InChI=1S/C20H26N2O3/c1-15-8-7-9-16(12-15)25-14-20(23)21-13-18(22(2)3)17-10-5-6-11-19(17)24-4/h5-12,18H,13-14H2,1-4H3,(H,21,23). The zero-order valence-electron chi connectivity index (χ0n) is 15.3. The van der Waals surface area contributed by atoms with Crippen LogP contribution in [-0.2, 0) is 4.79 Å². The summed E-state index contributed by atoms with van der Waals surface area (Å²) in [5.74, 6) is 1.36. The number of amides is 1. The molecule has 0 saturated carbocycles. The summed E-state index contributed by atoms with van der Waals surface area (Å²) in [6.45, 7) is 2.46. The average Bonchev–Trinajstić information content (AvgIpc) is 2.60. The first-order valence-electron chi connectivity index (χ1n) is 8.26. The Balaban J connectivity index is 1.93. The summed E-state index contributed by atoms with van der Waals surface area (Å²) < 4.78 is 11.0. The predicted molar refractivity (Wildman–Crippen MR) is 99.1 cm³/mol. The third kappa shape index (κ3) is 5.50. The topological polar surface area (TPSA) is 50.8 Å². The molecule has 1 atom stereocenters. The number of likely N-dealkylation sites (N-methyl/N-ethyl adjacent to an activating group) is 1. The Hall–Kier alpha value is -2.53. The van der Waals surface area contributed by atoms with Crippen LogP contribution < -0.4 is 14.8 Å². The summed E-state index contributed by atoms with van der Waals surface area (Å²) in [5, 5.41) is 2.94. The largest absolute Gasteiger partial charge is 0.496 e. The number of carbonyl (C=O) groups excluding carboxylic acids is 1. The second-order valence-corrected chi connectivity index (χ2v) is 6.13. The van der Waals surface area contributed by atoms with E-state index >= 15 is 0 Å². The van der Waals surface area contributed by atoms with Crippen LogP contribution in [0.2, 0.25) is 0 Å². The van der Waals surface area contributed by atoms with E-state index in [1.54, 1.807) is 7.11 Å². The number of para-hydroxylation sites is 1. The lowest BCUT2D eigenvalue weighted by Gasteiger charge is -2.26. The van der Waals surface area contributed by atoms with Crippen molar-refractivity contribution >= 4 is 5.91 Å². The zero-order chi connectivity index (χ0) is 18.2. The molecule has 0 aliphatic rings. The highest BCUT2D eigenvalue weighted by atomic mass is 16.5. The number of hydrogen-bond donors (Lipinski definition) is 1. The molecule has 0 saturated heterocycles. The van der Waals surface area contributed by atoms with E-state index in [2.05, 4.69) is 10.2 Å². The van der Waals surface area contributed by atoms with Gasteiger partial charge in [-0.1, -0.05) is 30.3 Å². The summed E-state index contributed by atoms with van der Waals surface area (Å²) in [6.07, 6.45) is 0. The van der Waals surface area contributed by atoms with Gasteiger partial charge in [0.05, 0.1) is 13.2 Å². The molecule has 5 nitrogen and oxygen atoms in total. The fourth-order valence-electron chi connectivity index (χ4n) is 2.63. The molecule has 1 N–H and O–H groups in total. The van der Waals surface area contributed by atoms with Crippen LogP contribution >= 0.6 is 0 Å². The summed E-state index contributed by atoms with van der Waals surface area (Å²) in [5.41, 5.74) is 2.14. The van der Waals surface area contributed by atoms with Crippen LogP contribution in [0.25, 0.3) is 0 Å². The fraction of sp³-hybridized carbons (Fsp3) is 0.350. The molecule has 5 heteroatoms. The molecule has 0 fully saturated rings. The molecule has 1 amide bonds. The van der Waals surface area contributed by atoms with Crippen LogP contribution in [0.1, 0.15) is 17.2 Å². The number of nitrogens with one attached hydrogen (secondary N) is 1. The maximum absolute atomic E-state index is 12.1. The SMILES string of the molecule is COc1ccccc1C(CNC(=O)COc1cccc(C)c1)N(C)C. The molecule has 0 aliphatic carbocycles. The van der Waals surface area contributed by atoms with Crippen molar-refractivity contribution in [2.75, 3.05) is 34.4 Å². The van der Waals surface area contributed by atoms with E-state index in [9.17, 15) is 4.79 Å². The lowest BCUT2D eigenvalue weighted by molar-refractivity contribution is -0.123. The van der Waals surface area contributed by atoms with Crippen molar-refractivity contribution in [2.24, 2.45) is 0 Å². The van der Waals surface area contributed by atoms with Crippen LogP contribution in [0.4, 0.5) is 0 Å². The quantitative estimate of drug-likeness (QED) is 0.801. The molecule has 2 aromatic rings. The van der Waals surface area contributed by atoms with Crippen LogP contribution in [-0.4, -0.2) is 45.2 Å². The second kappa shape index (κ2) is 9.08. The minimum atomic E-state index is -0.150. The van der Waals surface area contributed by atoms with E-state index < -0.39 is 0 Å². The Labute approximate surface area is 149 Å². The zero-order valence-corrected chi connectivity index (χ0v) is 15.3. The Bertz CT molecular complexity index is 701. The van der Waals surface area contributed by atoms with Gasteiger partial charge >= 0.3 is 0 Å². The van der Waals surface area contributed by atoms with E-state index in [0.717, 1.165) is 16.9 Å². The van der Waals surface area contributed by atoms with E-state index in [4.69, 9.17) is 9.47 Å². The van der Waals surface area contributed by atoms with Crippen molar-refractivity contribution in [3.8, 4) is 11.5 Å². The van der Waals surface area contributed by atoms with Crippen molar-refractivity contribution in [1.82, 2.24) is 10.2 Å². The van der Waals surface area contributed by atoms with Crippen LogP contribution in [0.15, 0.2) is 48.5 Å². The number of ether oxygens (including phenoxy) is 2. The van der Waals surface area contributed by atoms with Gasteiger partial charge in [-0.3, -0.25) is 4.79 Å². The molecule has 25 heavy (non-hydrogen) atoms. The normalized spacial score (nSPS) is 11.9. The Morgan fingerprint density at radius 2 is 1.92 bits per heavy atom. The van der Waals surface area contributed by atoms with Gasteiger partial charge in [-0.15, -0.1) is 0 Å². The molecule has 0 aliphatic heterocycles. The first-order chi connectivity index (χ1) is 12.0. The van der Waals surface area contributed by atoms with E-state index in [-0.39, 0.29) is 18.6 Å². The van der Waals surface area contributed by atoms with E-state index in [1.807, 2.05) is 69.6 Å². The van der Waals surface area contributed by atoms with Crippen LogP contribution in [0.5, 0.6) is 11.5 Å². The van der Waals surface area contributed by atoms with Crippen molar-refractivity contribution in [2.45, 2.75) is 13.0 Å². The predicted octanol–water partition coefficient (Wildman–Crippen LogP) is 2.80. The van der Waals surface area contributed by atoms with Crippen molar-refractivity contribution in [3.63, 3.8) is 0 Å². The van der Waals surface area contributed by atoms with Crippen LogP contribution in [0.3, 0.4) is 0 Å². The van der Waals surface area contributed by atoms with Gasteiger partial charge in [0, 0.05) is 12.1 Å². The smallest absolute Gasteiger partial charge is 0.258 e. The Kier molecular flexibility index (Phi) is 6.83. The third-order valence-corrected chi connectivity index (χ3v) is 3.97. The molecular weight excluding hydrogens is 316 g/mol. The lowest BCUT2D eigenvalue weighted by atomic mass is 10.0. The third-order valence-electron chi connectivity index (χ3n) is 3.97. The molecule has 2 rings (SSSR count). The van der Waals surface area contributed by atoms with Crippen LogP contribution in [0, 0.1) is 6.92 Å². The van der Waals surface area contributed by atoms with Gasteiger partial charge in [0.15, 0.2) is 6.61 Å². The van der Waals surface area contributed by atoms with Crippen molar-refractivity contribution < 1.29 is 14.3 Å². The highest BCUT2D eigenvalue weighted by molar-refractivity contribution is 5.77. The second-order valence-electron chi connectivity index (χ2n) is 6.13. The minimum absolute atomic E-state index is 0.00444. The van der Waals surface area contributed by atoms with Gasteiger partial charge in [0.2, 0.25) is 0 Å². The molecule has 0 heterocycles. The lowest BCUT2D eigenvalue weighted by Crippen LogP contribution is -2.37. The highest BCUT2D eigenvalue weighted by Gasteiger charge is 2.19. The average molecular weight is 342 g/mol. The minimum Gasteiger partial charge on any atom is -0.496 e. The first kappa shape index (κ1) is 18.8. The Morgan fingerprint density at radius 3 is 2.60 bits per heavy atom. The number of nitrogens with zero attached hydrogens (tertiary/aromatic N) is 1. The van der Waals surface area contributed by atoms with Crippen molar-refractivity contribution in [3.05, 3.63) is 59.7 Å². The molecule has 0 aromatic heterocycles. The van der Waals surface area contributed by atoms with E-state index in [0.29, 0.717) is 12.3 Å². The van der Waals surface area contributed by atoms with Gasteiger partial charge in [-0.2, -0.15) is 0 Å². The first-order valence-corrected chi connectivity index (χ1v) is 8.26.